The van der Waals surface area contributed by atoms with E-state index in [1.807, 2.05) is 45.0 Å². The molecule has 3 rings (SSSR count). The van der Waals surface area contributed by atoms with Gasteiger partial charge in [-0.15, -0.1) is 0 Å². The Morgan fingerprint density at radius 2 is 1.85 bits per heavy atom. The van der Waals surface area contributed by atoms with E-state index in [1.165, 1.54) is 0 Å². The molecule has 0 bridgehead atoms. The van der Waals surface area contributed by atoms with Gasteiger partial charge in [0.1, 0.15) is 0 Å². The monoisotopic (exact) mass is 347 g/mol. The van der Waals surface area contributed by atoms with Crippen molar-refractivity contribution < 1.29 is 4.79 Å². The molecule has 1 aliphatic carbocycles. The molecule has 0 radical (unpaired) electrons. The van der Waals surface area contributed by atoms with E-state index in [1.54, 1.807) is 0 Å². The molecule has 2 aromatic carbocycles. The minimum absolute atomic E-state index is 0.0725. The standard InChI is InChI=1S/C22H25N3O/c1-21(2,3)25-20(26)17-5-4-6-19(13-17)24-14-16-7-9-18(10-8-16)22(15-23)11-12-22/h4-10,13,24H,11-12,14H2,1-3H3,(H,25,26). The number of rotatable bonds is 5. The molecule has 2 aromatic rings. The Balaban J connectivity index is 1.62. The van der Waals surface area contributed by atoms with E-state index in [0.29, 0.717) is 12.1 Å². The molecule has 0 spiro atoms. The molecule has 26 heavy (non-hydrogen) atoms. The van der Waals surface area contributed by atoms with Gasteiger partial charge >= 0.3 is 0 Å². The number of hydrogen-bond acceptors (Lipinski definition) is 3. The average molecular weight is 347 g/mol. The van der Waals surface area contributed by atoms with Crippen molar-refractivity contribution in [2.45, 2.75) is 51.1 Å². The van der Waals surface area contributed by atoms with Crippen molar-refractivity contribution in [1.29, 1.82) is 5.26 Å². The normalized spacial score (nSPS) is 15.0. The third-order valence-corrected chi connectivity index (χ3v) is 4.58. The number of nitrogens with zero attached hydrogens (tertiary/aromatic N) is 1. The summed E-state index contributed by atoms with van der Waals surface area (Å²) in [5.41, 5.74) is 3.32. The molecule has 0 saturated heterocycles. The fourth-order valence-electron chi connectivity index (χ4n) is 2.92. The highest BCUT2D eigenvalue weighted by Crippen LogP contribution is 2.47. The van der Waals surface area contributed by atoms with Crippen molar-refractivity contribution in [3.05, 3.63) is 65.2 Å². The molecule has 0 unspecified atom stereocenters. The number of nitriles is 1. The van der Waals surface area contributed by atoms with Gasteiger partial charge in [0.25, 0.3) is 5.91 Å². The maximum Gasteiger partial charge on any atom is 0.251 e. The number of benzene rings is 2. The Hall–Kier alpha value is -2.80. The quantitative estimate of drug-likeness (QED) is 0.843. The van der Waals surface area contributed by atoms with Crippen LogP contribution in [0.5, 0.6) is 0 Å². The van der Waals surface area contributed by atoms with Crippen LogP contribution in [0.2, 0.25) is 0 Å². The highest BCUT2D eigenvalue weighted by Gasteiger charge is 2.44. The third kappa shape index (κ3) is 4.23. The van der Waals surface area contributed by atoms with E-state index in [-0.39, 0.29) is 16.9 Å². The van der Waals surface area contributed by atoms with E-state index >= 15 is 0 Å². The molecule has 134 valence electrons. The van der Waals surface area contributed by atoms with Crippen molar-refractivity contribution in [2.75, 3.05) is 5.32 Å². The topological polar surface area (TPSA) is 64.9 Å². The fourth-order valence-corrected chi connectivity index (χ4v) is 2.92. The number of anilines is 1. The van der Waals surface area contributed by atoms with E-state index in [2.05, 4.69) is 41.0 Å². The molecule has 1 saturated carbocycles. The Morgan fingerprint density at radius 3 is 2.42 bits per heavy atom. The molecule has 0 atom stereocenters. The Bertz CT molecular complexity index is 837. The van der Waals surface area contributed by atoms with Gasteiger partial charge in [-0.25, -0.2) is 0 Å². The minimum Gasteiger partial charge on any atom is -0.381 e. The minimum atomic E-state index is -0.259. The van der Waals surface area contributed by atoms with Crippen LogP contribution in [0.25, 0.3) is 0 Å². The lowest BCUT2D eigenvalue weighted by atomic mass is 9.97. The number of carbonyl (C=O) groups is 1. The average Bonchev–Trinajstić information content (AvgIpc) is 3.40. The van der Waals surface area contributed by atoms with Gasteiger partial charge < -0.3 is 10.6 Å². The van der Waals surface area contributed by atoms with Crippen LogP contribution in [0.1, 0.15) is 55.1 Å². The zero-order valence-corrected chi connectivity index (χ0v) is 15.6. The largest absolute Gasteiger partial charge is 0.381 e. The number of carbonyl (C=O) groups excluding carboxylic acids is 1. The van der Waals surface area contributed by atoms with Gasteiger partial charge in [0.2, 0.25) is 0 Å². The van der Waals surface area contributed by atoms with Crippen LogP contribution in [0, 0.1) is 11.3 Å². The highest BCUT2D eigenvalue weighted by atomic mass is 16.1. The second kappa shape index (κ2) is 6.84. The van der Waals surface area contributed by atoms with E-state index in [9.17, 15) is 10.1 Å². The molecular formula is C22H25N3O. The first-order valence-corrected chi connectivity index (χ1v) is 8.98. The molecule has 0 aromatic heterocycles. The van der Waals surface area contributed by atoms with Gasteiger partial charge in [-0.05, 0) is 62.9 Å². The predicted octanol–water partition coefficient (Wildman–Crippen LogP) is 4.38. The summed E-state index contributed by atoms with van der Waals surface area (Å²) in [7, 11) is 0. The SMILES string of the molecule is CC(C)(C)NC(=O)c1cccc(NCc2ccc(C3(C#N)CC3)cc2)c1. The maximum atomic E-state index is 12.3. The Labute approximate surface area is 155 Å². The summed E-state index contributed by atoms with van der Waals surface area (Å²) in [5.74, 6) is -0.0725. The molecular weight excluding hydrogens is 322 g/mol. The third-order valence-electron chi connectivity index (χ3n) is 4.58. The fraction of sp³-hybridized carbons (Fsp3) is 0.364. The van der Waals surface area contributed by atoms with Gasteiger partial charge in [0, 0.05) is 23.3 Å². The van der Waals surface area contributed by atoms with Crippen LogP contribution in [0.3, 0.4) is 0 Å². The molecule has 1 aliphatic rings. The van der Waals surface area contributed by atoms with Crippen LogP contribution >= 0.6 is 0 Å². The first-order valence-electron chi connectivity index (χ1n) is 8.98. The van der Waals surface area contributed by atoms with Crippen molar-refractivity contribution in [1.82, 2.24) is 5.32 Å². The van der Waals surface area contributed by atoms with Crippen LogP contribution < -0.4 is 10.6 Å². The zero-order chi connectivity index (χ0) is 18.8. The zero-order valence-electron chi connectivity index (χ0n) is 15.6. The van der Waals surface area contributed by atoms with Gasteiger partial charge in [0.15, 0.2) is 0 Å². The number of nitrogens with one attached hydrogen (secondary N) is 2. The number of hydrogen-bond donors (Lipinski definition) is 2. The van der Waals surface area contributed by atoms with Crippen LogP contribution in [0.15, 0.2) is 48.5 Å². The summed E-state index contributed by atoms with van der Waals surface area (Å²) in [5, 5.41) is 15.6. The van der Waals surface area contributed by atoms with Crippen molar-refractivity contribution in [2.24, 2.45) is 0 Å². The second-order valence-corrected chi connectivity index (χ2v) is 8.03. The summed E-state index contributed by atoms with van der Waals surface area (Å²) >= 11 is 0. The summed E-state index contributed by atoms with van der Waals surface area (Å²) in [4.78, 5) is 12.3. The highest BCUT2D eigenvalue weighted by molar-refractivity contribution is 5.95. The second-order valence-electron chi connectivity index (χ2n) is 8.03. The lowest BCUT2D eigenvalue weighted by molar-refractivity contribution is 0.0919. The summed E-state index contributed by atoms with van der Waals surface area (Å²) in [6.07, 6.45) is 1.93. The Kier molecular flexibility index (Phi) is 4.73. The molecule has 1 fully saturated rings. The van der Waals surface area contributed by atoms with E-state index < -0.39 is 0 Å². The predicted molar refractivity (Wildman–Crippen MR) is 104 cm³/mol. The van der Waals surface area contributed by atoms with Gasteiger partial charge in [-0.3, -0.25) is 4.79 Å². The molecule has 0 heterocycles. The van der Waals surface area contributed by atoms with Crippen LogP contribution in [-0.2, 0) is 12.0 Å². The van der Waals surface area contributed by atoms with Crippen molar-refractivity contribution >= 4 is 11.6 Å². The van der Waals surface area contributed by atoms with E-state index in [4.69, 9.17) is 0 Å². The van der Waals surface area contributed by atoms with E-state index in [0.717, 1.165) is 29.7 Å². The molecule has 0 aliphatic heterocycles. The van der Waals surface area contributed by atoms with Crippen molar-refractivity contribution in [3.8, 4) is 6.07 Å². The maximum absolute atomic E-state index is 12.3. The lowest BCUT2D eigenvalue weighted by Crippen LogP contribution is -2.40. The summed E-state index contributed by atoms with van der Waals surface area (Å²) in [6.45, 7) is 6.57. The van der Waals surface area contributed by atoms with Crippen LogP contribution in [-0.4, -0.2) is 11.4 Å². The van der Waals surface area contributed by atoms with Gasteiger partial charge in [0.05, 0.1) is 11.5 Å². The van der Waals surface area contributed by atoms with Gasteiger partial charge in [-0.2, -0.15) is 5.26 Å². The summed E-state index contributed by atoms with van der Waals surface area (Å²) < 4.78 is 0. The smallest absolute Gasteiger partial charge is 0.251 e. The first kappa shape index (κ1) is 18.0. The van der Waals surface area contributed by atoms with Crippen LogP contribution in [0.4, 0.5) is 5.69 Å². The van der Waals surface area contributed by atoms with Gasteiger partial charge in [-0.1, -0.05) is 30.3 Å². The summed E-state index contributed by atoms with van der Waals surface area (Å²) in [6, 6.07) is 18.2. The molecule has 2 N–H and O–H groups in total. The molecule has 4 heteroatoms. The lowest BCUT2D eigenvalue weighted by Gasteiger charge is -2.20. The van der Waals surface area contributed by atoms with Crippen molar-refractivity contribution in [3.63, 3.8) is 0 Å². The molecule has 1 amide bonds. The first-order chi connectivity index (χ1) is 12.3. The molecule has 4 nitrogen and oxygen atoms in total. The number of amides is 1. The Morgan fingerprint density at radius 1 is 1.15 bits per heavy atom.